The fourth-order valence-electron chi connectivity index (χ4n) is 1.14. The average molecular weight is 271 g/mol. The fourth-order valence-corrected chi connectivity index (χ4v) is 1.85. The second-order valence-corrected chi connectivity index (χ2v) is 5.82. The van der Waals surface area contributed by atoms with E-state index in [1.807, 2.05) is 19.5 Å². The Morgan fingerprint density at radius 1 is 1.56 bits per heavy atom. The van der Waals surface area contributed by atoms with Gasteiger partial charge in [-0.25, -0.2) is 4.98 Å². The number of methoxy groups -OCH3 is 1. The van der Waals surface area contributed by atoms with Gasteiger partial charge in [-0.15, -0.1) is 11.3 Å². The summed E-state index contributed by atoms with van der Waals surface area (Å²) in [5.41, 5.74) is 0.797. The molecule has 0 saturated carbocycles. The number of carbonyl (C=O) groups is 1. The third-order valence-corrected chi connectivity index (χ3v) is 3.84. The Morgan fingerprint density at radius 2 is 2.22 bits per heavy atom. The van der Waals surface area contributed by atoms with Crippen LogP contribution in [0.15, 0.2) is 5.38 Å². The molecular weight excluding hydrogens is 250 g/mol. The van der Waals surface area contributed by atoms with E-state index < -0.39 is 0 Å². The zero-order valence-corrected chi connectivity index (χ0v) is 12.4. The van der Waals surface area contributed by atoms with Gasteiger partial charge in [0.25, 0.3) is 0 Å². The molecule has 5 nitrogen and oxygen atoms in total. The van der Waals surface area contributed by atoms with Gasteiger partial charge in [0, 0.05) is 17.5 Å². The van der Waals surface area contributed by atoms with Crippen LogP contribution in [-0.4, -0.2) is 49.1 Å². The molecular formula is C12H21N3O2S. The topological polar surface area (TPSA) is 54.5 Å². The lowest BCUT2D eigenvalue weighted by molar-refractivity contribution is -0.139. The summed E-state index contributed by atoms with van der Waals surface area (Å²) in [5.74, 6) is -0.263. The van der Waals surface area contributed by atoms with E-state index in [0.717, 1.165) is 17.4 Å². The molecule has 1 rings (SSSR count). The third-order valence-electron chi connectivity index (χ3n) is 2.99. The molecule has 6 heteroatoms. The minimum atomic E-state index is -0.263. The number of ether oxygens (including phenoxy) is 1. The molecule has 0 radical (unpaired) electrons. The van der Waals surface area contributed by atoms with Gasteiger partial charge in [-0.1, -0.05) is 0 Å². The predicted molar refractivity (Wildman–Crippen MR) is 74.1 cm³/mol. The molecule has 1 aromatic rings. The van der Waals surface area contributed by atoms with Gasteiger partial charge in [-0.05, 0) is 27.9 Å². The van der Waals surface area contributed by atoms with Crippen LogP contribution in [0.1, 0.15) is 19.5 Å². The predicted octanol–water partition coefficient (Wildman–Crippen LogP) is 1.61. The number of anilines is 1. The lowest BCUT2D eigenvalue weighted by Crippen LogP contribution is -2.44. The van der Waals surface area contributed by atoms with Crippen molar-refractivity contribution in [2.75, 3.05) is 33.1 Å². The Morgan fingerprint density at radius 3 is 2.78 bits per heavy atom. The highest BCUT2D eigenvalue weighted by Gasteiger charge is 2.20. The van der Waals surface area contributed by atoms with Crippen LogP contribution in [0.25, 0.3) is 0 Å². The Kier molecular flexibility index (Phi) is 5.10. The first-order valence-electron chi connectivity index (χ1n) is 5.77. The minimum absolute atomic E-state index is 0.0498. The Hall–Kier alpha value is -1.14. The number of thiazole rings is 1. The molecule has 1 N–H and O–H groups in total. The van der Waals surface area contributed by atoms with Gasteiger partial charge in [0.05, 0.1) is 19.2 Å². The molecule has 0 bridgehead atoms. The number of nitrogens with one attached hydrogen (secondary N) is 1. The second kappa shape index (κ2) is 6.15. The maximum atomic E-state index is 11.1. The first kappa shape index (κ1) is 14.9. The molecule has 0 aliphatic carbocycles. The number of likely N-dealkylation sites (N-methyl/N-ethyl adjacent to an activating group) is 1. The van der Waals surface area contributed by atoms with E-state index in [0.29, 0.717) is 0 Å². The standard InChI is InChI=1S/C12H21N3O2S/c1-12(2,15(3)4)8-13-11-14-9(7-18-11)6-10(16)17-5/h7H,6,8H2,1-5H3,(H,13,14). The van der Waals surface area contributed by atoms with Crippen LogP contribution in [0.4, 0.5) is 5.13 Å². The normalized spacial score (nSPS) is 11.7. The van der Waals surface area contributed by atoms with Crippen molar-refractivity contribution in [3.8, 4) is 0 Å². The number of hydrogen-bond acceptors (Lipinski definition) is 6. The van der Waals surface area contributed by atoms with Crippen LogP contribution in [0.3, 0.4) is 0 Å². The molecule has 0 fully saturated rings. The van der Waals surface area contributed by atoms with E-state index >= 15 is 0 Å². The van der Waals surface area contributed by atoms with Crippen molar-refractivity contribution in [2.45, 2.75) is 25.8 Å². The van der Waals surface area contributed by atoms with Crippen molar-refractivity contribution in [3.05, 3.63) is 11.1 Å². The van der Waals surface area contributed by atoms with Crippen molar-refractivity contribution in [1.29, 1.82) is 0 Å². The van der Waals surface area contributed by atoms with Crippen LogP contribution in [0.2, 0.25) is 0 Å². The Balaban J connectivity index is 2.52. The SMILES string of the molecule is COC(=O)Cc1csc(NCC(C)(C)N(C)C)n1. The van der Waals surface area contributed by atoms with E-state index in [1.165, 1.54) is 18.4 Å². The number of rotatable bonds is 6. The lowest BCUT2D eigenvalue weighted by Gasteiger charge is -2.32. The van der Waals surface area contributed by atoms with E-state index in [4.69, 9.17) is 0 Å². The smallest absolute Gasteiger partial charge is 0.311 e. The Labute approximate surface area is 112 Å². The molecule has 0 aliphatic heterocycles. The number of nitrogens with zero attached hydrogens (tertiary/aromatic N) is 2. The second-order valence-electron chi connectivity index (χ2n) is 4.96. The summed E-state index contributed by atoms with van der Waals surface area (Å²) in [6.45, 7) is 5.11. The molecule has 18 heavy (non-hydrogen) atoms. The summed E-state index contributed by atoms with van der Waals surface area (Å²) < 4.78 is 4.61. The van der Waals surface area contributed by atoms with Crippen LogP contribution in [0.5, 0.6) is 0 Å². The lowest BCUT2D eigenvalue weighted by atomic mass is 10.1. The molecule has 102 valence electrons. The number of aromatic nitrogens is 1. The molecule has 0 saturated heterocycles. The summed E-state index contributed by atoms with van der Waals surface area (Å²) in [6.07, 6.45) is 0.228. The molecule has 0 amide bonds. The van der Waals surface area contributed by atoms with Gasteiger partial charge < -0.3 is 15.0 Å². The summed E-state index contributed by atoms with van der Waals surface area (Å²) >= 11 is 1.51. The number of hydrogen-bond donors (Lipinski definition) is 1. The maximum absolute atomic E-state index is 11.1. The molecule has 0 atom stereocenters. The minimum Gasteiger partial charge on any atom is -0.469 e. The van der Waals surface area contributed by atoms with E-state index in [2.05, 4.69) is 33.8 Å². The molecule has 0 spiro atoms. The summed E-state index contributed by atoms with van der Waals surface area (Å²) in [5, 5.41) is 6.01. The number of esters is 1. The van der Waals surface area contributed by atoms with Crippen LogP contribution in [-0.2, 0) is 16.0 Å². The summed E-state index contributed by atoms with van der Waals surface area (Å²) in [4.78, 5) is 17.6. The summed E-state index contributed by atoms with van der Waals surface area (Å²) in [6, 6.07) is 0. The van der Waals surface area contributed by atoms with Crippen LogP contribution >= 0.6 is 11.3 Å². The molecule has 0 unspecified atom stereocenters. The zero-order chi connectivity index (χ0) is 13.8. The van der Waals surface area contributed by atoms with Crippen molar-refractivity contribution >= 4 is 22.4 Å². The number of carbonyl (C=O) groups excluding carboxylic acids is 1. The third kappa shape index (κ3) is 4.27. The Bertz CT molecular complexity index is 402. The highest BCUT2D eigenvalue weighted by atomic mass is 32.1. The van der Waals surface area contributed by atoms with Gasteiger partial charge >= 0.3 is 5.97 Å². The van der Waals surface area contributed by atoms with E-state index in [1.54, 1.807) is 0 Å². The molecule has 1 heterocycles. The zero-order valence-electron chi connectivity index (χ0n) is 11.6. The maximum Gasteiger partial charge on any atom is 0.311 e. The van der Waals surface area contributed by atoms with Gasteiger partial charge in [-0.2, -0.15) is 0 Å². The van der Waals surface area contributed by atoms with Crippen molar-refractivity contribution in [1.82, 2.24) is 9.88 Å². The van der Waals surface area contributed by atoms with Crippen molar-refractivity contribution in [3.63, 3.8) is 0 Å². The monoisotopic (exact) mass is 271 g/mol. The van der Waals surface area contributed by atoms with E-state index in [-0.39, 0.29) is 17.9 Å². The van der Waals surface area contributed by atoms with Gasteiger partial charge in [0.2, 0.25) is 0 Å². The van der Waals surface area contributed by atoms with Crippen LogP contribution < -0.4 is 5.32 Å². The molecule has 1 aromatic heterocycles. The quantitative estimate of drug-likeness (QED) is 0.797. The fraction of sp³-hybridized carbons (Fsp3) is 0.667. The van der Waals surface area contributed by atoms with Crippen LogP contribution in [0, 0.1) is 0 Å². The van der Waals surface area contributed by atoms with Crippen molar-refractivity contribution in [2.24, 2.45) is 0 Å². The molecule has 0 aromatic carbocycles. The average Bonchev–Trinajstić information content (AvgIpc) is 2.74. The molecule has 0 aliphatic rings. The first-order valence-corrected chi connectivity index (χ1v) is 6.65. The van der Waals surface area contributed by atoms with E-state index in [9.17, 15) is 4.79 Å². The van der Waals surface area contributed by atoms with Gasteiger partial charge in [0.1, 0.15) is 0 Å². The first-order chi connectivity index (χ1) is 8.35. The van der Waals surface area contributed by atoms with Crippen molar-refractivity contribution < 1.29 is 9.53 Å². The highest BCUT2D eigenvalue weighted by Crippen LogP contribution is 2.18. The highest BCUT2D eigenvalue weighted by molar-refractivity contribution is 7.13. The summed E-state index contributed by atoms with van der Waals surface area (Å²) in [7, 11) is 5.48. The van der Waals surface area contributed by atoms with Gasteiger partial charge in [-0.3, -0.25) is 4.79 Å². The van der Waals surface area contributed by atoms with Gasteiger partial charge in [0.15, 0.2) is 5.13 Å². The largest absolute Gasteiger partial charge is 0.469 e.